The average molecular weight is 584 g/mol. The second-order valence-electron chi connectivity index (χ2n) is 14.4. The van der Waals surface area contributed by atoms with Gasteiger partial charge in [0.1, 0.15) is 102 Å². The van der Waals surface area contributed by atoms with Crippen molar-refractivity contribution >= 4 is 216 Å². The molecule has 13 heteroatoms. The molecule has 0 aliphatic rings. The molecule has 7 aromatic rings. The zero-order chi connectivity index (χ0) is 33.8. The first-order valence-corrected chi connectivity index (χ1v) is 17.2. The highest BCUT2D eigenvalue weighted by atomic mass is 14.3. The predicted molar refractivity (Wildman–Crippen MR) is 254 cm³/mol. The van der Waals surface area contributed by atoms with E-state index in [-0.39, 0.29) is 0 Å². The summed E-state index contributed by atoms with van der Waals surface area (Å²) in [6.45, 7) is 0. The summed E-state index contributed by atoms with van der Waals surface area (Å²) in [4.78, 5) is 0. The van der Waals surface area contributed by atoms with Crippen molar-refractivity contribution in [2.24, 2.45) is 0 Å². The Hall–Kier alpha value is -3.58. The molecule has 0 nitrogen and oxygen atoms in total. The molecular formula is C34H35B13. The molecule has 0 amide bonds. The van der Waals surface area contributed by atoms with Gasteiger partial charge in [0.25, 0.3) is 0 Å². The van der Waals surface area contributed by atoms with E-state index in [4.69, 9.17) is 0 Å². The van der Waals surface area contributed by atoms with Crippen LogP contribution < -0.4 is 71.0 Å². The molecule has 0 saturated carbocycles. The van der Waals surface area contributed by atoms with Crippen LogP contribution >= 0.6 is 0 Å². The van der Waals surface area contributed by atoms with Gasteiger partial charge in [-0.1, -0.05) is 81.3 Å². The standard InChI is InChI=1S/C34H35B13/c35-22-17-15(14-9-10-5-1-2-6-11(10)12-7-3-4-8-13(12)14)18-20(25(38)31(44)29(42)23(18)36)16(19(17)24(37)30(43)28(22)41)21-26(39)32(45)34(47)33(46)27(21)40/h1-9H,35-47H2. The molecule has 0 atom stereocenters. The van der Waals surface area contributed by atoms with Gasteiger partial charge >= 0.3 is 0 Å². The molecule has 7 rings (SSSR count). The van der Waals surface area contributed by atoms with Crippen LogP contribution in [0.15, 0.2) is 54.6 Å². The van der Waals surface area contributed by atoms with Gasteiger partial charge in [0.15, 0.2) is 0 Å². The lowest BCUT2D eigenvalue weighted by Crippen LogP contribution is -2.55. The van der Waals surface area contributed by atoms with Crippen LogP contribution in [0.3, 0.4) is 0 Å². The lowest BCUT2D eigenvalue weighted by atomic mass is 9.56. The van der Waals surface area contributed by atoms with E-state index in [9.17, 15) is 0 Å². The number of hydrogen-bond acceptors (Lipinski definition) is 0. The molecule has 0 aromatic heterocycles. The van der Waals surface area contributed by atoms with E-state index in [0.717, 1.165) is 0 Å². The minimum atomic E-state index is 1.29. The topological polar surface area (TPSA) is 0 Å². The van der Waals surface area contributed by atoms with Gasteiger partial charge in [-0.25, -0.2) is 0 Å². The molecule has 0 N–H and O–H groups in total. The van der Waals surface area contributed by atoms with Crippen molar-refractivity contribution < 1.29 is 0 Å². The van der Waals surface area contributed by atoms with E-state index in [2.05, 4.69) is 157 Å². The van der Waals surface area contributed by atoms with Gasteiger partial charge in [0, 0.05) is 0 Å². The highest BCUT2D eigenvalue weighted by Crippen LogP contribution is 2.43. The van der Waals surface area contributed by atoms with E-state index in [1.807, 2.05) is 0 Å². The van der Waals surface area contributed by atoms with Gasteiger partial charge in [-0.15, -0.1) is 38.2 Å². The quantitative estimate of drug-likeness (QED) is 0.108. The summed E-state index contributed by atoms with van der Waals surface area (Å²) in [5.74, 6) is 0. The molecule has 7 aromatic carbocycles. The molecule has 0 saturated heterocycles. The summed E-state index contributed by atoms with van der Waals surface area (Å²) in [6, 6.07) is 20.5. The third kappa shape index (κ3) is 4.34. The van der Waals surface area contributed by atoms with Crippen LogP contribution in [-0.2, 0) is 0 Å². The molecule has 0 fully saturated rings. The predicted octanol–water partition coefficient (Wildman–Crippen LogP) is -13.0. The Morgan fingerprint density at radius 3 is 1.09 bits per heavy atom. The van der Waals surface area contributed by atoms with Crippen LogP contribution in [0.4, 0.5) is 0 Å². The second kappa shape index (κ2) is 11.3. The number of fused-ring (bicyclic) bond motifs is 5. The lowest BCUT2D eigenvalue weighted by molar-refractivity contribution is 1.75. The van der Waals surface area contributed by atoms with Crippen molar-refractivity contribution in [3.05, 3.63) is 54.6 Å². The van der Waals surface area contributed by atoms with Gasteiger partial charge in [-0.05, 0) is 71.4 Å². The van der Waals surface area contributed by atoms with Crippen molar-refractivity contribution in [2.45, 2.75) is 0 Å². The maximum atomic E-state index is 2.48. The van der Waals surface area contributed by atoms with Crippen molar-refractivity contribution in [2.75, 3.05) is 0 Å². The minimum Gasteiger partial charge on any atom is -0.102 e. The molecule has 210 valence electrons. The third-order valence-corrected chi connectivity index (χ3v) is 12.7. The van der Waals surface area contributed by atoms with Crippen LogP contribution in [-0.4, -0.2) is 102 Å². The second-order valence-corrected chi connectivity index (χ2v) is 14.4. The smallest absolute Gasteiger partial charge is 0.102 e. The van der Waals surface area contributed by atoms with Crippen LogP contribution in [0.1, 0.15) is 0 Å². The Kier molecular flexibility index (Phi) is 7.66. The molecule has 0 spiro atoms. The Morgan fingerprint density at radius 1 is 0.277 bits per heavy atom. The van der Waals surface area contributed by atoms with E-state index >= 15 is 0 Å². The monoisotopic (exact) mass is 586 g/mol. The normalized spacial score (nSPS) is 11.7. The maximum Gasteiger partial charge on any atom is 0.139 e. The Labute approximate surface area is 291 Å². The third-order valence-electron chi connectivity index (χ3n) is 12.7. The van der Waals surface area contributed by atoms with E-state index in [1.165, 1.54) is 136 Å². The van der Waals surface area contributed by atoms with Crippen molar-refractivity contribution in [3.8, 4) is 22.3 Å². The van der Waals surface area contributed by atoms with Crippen molar-refractivity contribution in [1.29, 1.82) is 0 Å². The number of hydrogen-bond donors (Lipinski definition) is 0. The van der Waals surface area contributed by atoms with Gasteiger partial charge in [0.2, 0.25) is 0 Å². The first-order chi connectivity index (χ1) is 22.3. The summed E-state index contributed by atoms with van der Waals surface area (Å²) in [5.41, 5.74) is 23.8. The molecule has 0 bridgehead atoms. The fourth-order valence-electron chi connectivity index (χ4n) is 8.78. The van der Waals surface area contributed by atoms with E-state index in [1.54, 1.807) is 0 Å². The van der Waals surface area contributed by atoms with Crippen LogP contribution in [0.5, 0.6) is 0 Å². The lowest BCUT2D eigenvalue weighted by Gasteiger charge is -2.31. The fourth-order valence-corrected chi connectivity index (χ4v) is 8.78. The molecule has 0 unspecified atom stereocenters. The van der Waals surface area contributed by atoms with E-state index in [0.29, 0.717) is 0 Å². The average Bonchev–Trinajstić information content (AvgIpc) is 3.08. The molecule has 0 aliphatic heterocycles. The zero-order valence-corrected chi connectivity index (χ0v) is 30.7. The van der Waals surface area contributed by atoms with Crippen molar-refractivity contribution in [1.82, 2.24) is 0 Å². The summed E-state index contributed by atoms with van der Waals surface area (Å²) < 4.78 is 0. The largest absolute Gasteiger partial charge is 0.139 e. The molecule has 47 heavy (non-hydrogen) atoms. The Balaban J connectivity index is 1.92. The maximum absolute atomic E-state index is 2.48. The van der Waals surface area contributed by atoms with Crippen LogP contribution in [0.2, 0.25) is 0 Å². The number of benzene rings is 7. The zero-order valence-electron chi connectivity index (χ0n) is 30.7. The first-order valence-electron chi connectivity index (χ1n) is 17.2. The van der Waals surface area contributed by atoms with Gasteiger partial charge < -0.3 is 0 Å². The highest BCUT2D eigenvalue weighted by molar-refractivity contribution is 6.73. The minimum absolute atomic E-state index is 1.29. The Bertz CT molecular complexity index is 2450. The summed E-state index contributed by atoms with van der Waals surface area (Å²) in [6.07, 6.45) is 0. The van der Waals surface area contributed by atoms with Crippen molar-refractivity contribution in [3.63, 3.8) is 0 Å². The van der Waals surface area contributed by atoms with Crippen LogP contribution in [0.25, 0.3) is 65.3 Å². The SMILES string of the molecule is Bc1c(B)c(B)c(-c2c3c(B)c(B)c(B)c(B)c3c(-c3cc4ccccc4c4ccccc34)c3c(B)c(B)c(B)c(B)c23)c(B)c1B. The molecule has 0 heterocycles. The fraction of sp³-hybridized carbons (Fsp3) is 0. The first kappa shape index (κ1) is 32.0. The summed E-state index contributed by atoms with van der Waals surface area (Å²) >= 11 is 0. The Morgan fingerprint density at radius 2 is 0.617 bits per heavy atom. The molecule has 0 radical (unpaired) electrons. The van der Waals surface area contributed by atoms with Crippen LogP contribution in [0, 0.1) is 0 Å². The molecular weight excluding hydrogens is 549 g/mol. The van der Waals surface area contributed by atoms with Gasteiger partial charge in [-0.2, -0.15) is 0 Å². The molecule has 0 aliphatic carbocycles. The summed E-state index contributed by atoms with van der Waals surface area (Å²) in [7, 11) is 30.5. The number of rotatable bonds is 2. The highest BCUT2D eigenvalue weighted by Gasteiger charge is 2.27. The van der Waals surface area contributed by atoms with Gasteiger partial charge in [0.05, 0.1) is 0 Å². The van der Waals surface area contributed by atoms with Gasteiger partial charge in [-0.3, -0.25) is 0 Å². The summed E-state index contributed by atoms with van der Waals surface area (Å²) in [5, 5.41) is 10.9. The van der Waals surface area contributed by atoms with E-state index < -0.39 is 0 Å².